The molecule has 0 radical (unpaired) electrons. The molecule has 0 aliphatic carbocycles. The zero-order chi connectivity index (χ0) is 11.5. The Balaban J connectivity index is 2.21. The third-order valence-electron chi connectivity index (χ3n) is 1.97. The van der Waals surface area contributed by atoms with Crippen molar-refractivity contribution in [3.63, 3.8) is 0 Å². The predicted molar refractivity (Wildman–Crippen MR) is 66.3 cm³/mol. The molecule has 2 heterocycles. The number of carbonyl (C=O) groups excluding carboxylic acids is 1. The van der Waals surface area contributed by atoms with Gasteiger partial charge >= 0.3 is 0 Å². The molecule has 82 valence electrons. The first kappa shape index (κ1) is 11.1. The summed E-state index contributed by atoms with van der Waals surface area (Å²) in [5.74, 6) is -0.163. The molecule has 0 aliphatic heterocycles. The van der Waals surface area contributed by atoms with Gasteiger partial charge in [-0.2, -0.15) is 0 Å². The number of anilines is 1. The third kappa shape index (κ3) is 2.40. The van der Waals surface area contributed by atoms with Crippen LogP contribution in [0.3, 0.4) is 0 Å². The number of pyridine rings is 1. The van der Waals surface area contributed by atoms with Crippen LogP contribution in [-0.2, 0) is 0 Å². The van der Waals surface area contributed by atoms with E-state index >= 15 is 0 Å². The molecule has 0 unspecified atom stereocenters. The van der Waals surface area contributed by atoms with E-state index in [1.165, 1.54) is 11.3 Å². The van der Waals surface area contributed by atoms with Crippen LogP contribution >= 0.6 is 22.9 Å². The van der Waals surface area contributed by atoms with E-state index in [1.54, 1.807) is 18.3 Å². The number of rotatable bonds is 2. The number of hydrogen-bond acceptors (Lipinski definition) is 3. The molecule has 1 amide bonds. The topological polar surface area (TPSA) is 42.0 Å². The van der Waals surface area contributed by atoms with Crippen LogP contribution in [0, 0.1) is 6.92 Å². The van der Waals surface area contributed by atoms with Crippen molar-refractivity contribution < 1.29 is 4.79 Å². The lowest BCUT2D eigenvalue weighted by atomic mass is 10.3. The highest BCUT2D eigenvalue weighted by molar-refractivity contribution is 7.12. The lowest BCUT2D eigenvalue weighted by Crippen LogP contribution is -2.10. The molecule has 0 spiro atoms. The highest BCUT2D eigenvalue weighted by atomic mass is 35.5. The van der Waals surface area contributed by atoms with Gasteiger partial charge in [-0.15, -0.1) is 11.3 Å². The molecule has 0 fully saturated rings. The fraction of sp³-hybridized carbons (Fsp3) is 0.0909. The minimum Gasteiger partial charge on any atom is -0.319 e. The summed E-state index contributed by atoms with van der Waals surface area (Å²) in [6.07, 6.45) is 1.66. The van der Waals surface area contributed by atoms with Crippen LogP contribution in [0.25, 0.3) is 0 Å². The standard InChI is InChI=1S/C11H9ClN2OS/c1-7-5-8(10(12)13-6-7)14-11(15)9-3-2-4-16-9/h2-6H,1H3,(H,14,15). The average Bonchev–Trinajstić information content (AvgIpc) is 2.76. The Bertz CT molecular complexity index is 511. The van der Waals surface area contributed by atoms with Gasteiger partial charge in [-0.05, 0) is 30.0 Å². The highest BCUT2D eigenvalue weighted by Crippen LogP contribution is 2.21. The van der Waals surface area contributed by atoms with Crippen molar-refractivity contribution >= 4 is 34.5 Å². The lowest BCUT2D eigenvalue weighted by Gasteiger charge is -2.05. The first-order chi connectivity index (χ1) is 7.66. The molecule has 0 saturated carbocycles. The molecule has 2 rings (SSSR count). The van der Waals surface area contributed by atoms with Crippen molar-refractivity contribution in [1.29, 1.82) is 0 Å². The van der Waals surface area contributed by atoms with Crippen molar-refractivity contribution in [2.75, 3.05) is 5.32 Å². The van der Waals surface area contributed by atoms with Crippen molar-refractivity contribution in [3.05, 3.63) is 45.4 Å². The largest absolute Gasteiger partial charge is 0.319 e. The summed E-state index contributed by atoms with van der Waals surface area (Å²) < 4.78 is 0. The Kier molecular flexibility index (Phi) is 3.22. The molecule has 3 nitrogen and oxygen atoms in total. The Morgan fingerprint density at radius 3 is 3.06 bits per heavy atom. The normalized spacial score (nSPS) is 10.1. The predicted octanol–water partition coefficient (Wildman–Crippen LogP) is 3.36. The van der Waals surface area contributed by atoms with Gasteiger partial charge in [0, 0.05) is 6.20 Å². The quantitative estimate of drug-likeness (QED) is 0.833. The van der Waals surface area contributed by atoms with Crippen LogP contribution < -0.4 is 5.32 Å². The minimum absolute atomic E-state index is 0.163. The van der Waals surface area contributed by atoms with E-state index in [0.717, 1.165) is 5.56 Å². The summed E-state index contributed by atoms with van der Waals surface area (Å²) in [6.45, 7) is 1.89. The summed E-state index contributed by atoms with van der Waals surface area (Å²) in [4.78, 5) is 16.4. The zero-order valence-electron chi connectivity index (χ0n) is 8.53. The van der Waals surface area contributed by atoms with E-state index in [2.05, 4.69) is 10.3 Å². The number of halogens is 1. The maximum absolute atomic E-state index is 11.8. The molecule has 2 aromatic rings. The Morgan fingerprint density at radius 2 is 2.38 bits per heavy atom. The number of hydrogen-bond donors (Lipinski definition) is 1. The number of nitrogens with one attached hydrogen (secondary N) is 1. The average molecular weight is 253 g/mol. The fourth-order valence-corrected chi connectivity index (χ4v) is 2.00. The van der Waals surface area contributed by atoms with Gasteiger partial charge in [-0.1, -0.05) is 17.7 Å². The number of nitrogens with zero attached hydrogens (tertiary/aromatic N) is 1. The minimum atomic E-state index is -0.163. The molecule has 5 heteroatoms. The molecule has 16 heavy (non-hydrogen) atoms. The van der Waals surface area contributed by atoms with Crippen molar-refractivity contribution in [3.8, 4) is 0 Å². The smallest absolute Gasteiger partial charge is 0.265 e. The van der Waals surface area contributed by atoms with Crippen LogP contribution in [0.15, 0.2) is 29.8 Å². The van der Waals surface area contributed by atoms with Gasteiger partial charge in [-0.25, -0.2) is 4.98 Å². The first-order valence-corrected chi connectivity index (χ1v) is 5.89. The van der Waals surface area contributed by atoms with Gasteiger partial charge in [0.2, 0.25) is 0 Å². The highest BCUT2D eigenvalue weighted by Gasteiger charge is 2.09. The summed E-state index contributed by atoms with van der Waals surface area (Å²) in [6, 6.07) is 5.38. The van der Waals surface area contributed by atoms with Gasteiger partial charge in [0.25, 0.3) is 5.91 Å². The summed E-state index contributed by atoms with van der Waals surface area (Å²) in [7, 11) is 0. The number of thiophene rings is 1. The lowest BCUT2D eigenvalue weighted by molar-refractivity contribution is 0.103. The number of amides is 1. The van der Waals surface area contributed by atoms with Gasteiger partial charge in [0.1, 0.15) is 0 Å². The number of carbonyl (C=O) groups is 1. The van der Waals surface area contributed by atoms with E-state index < -0.39 is 0 Å². The first-order valence-electron chi connectivity index (χ1n) is 4.64. The Labute approximate surface area is 102 Å². The molecule has 0 bridgehead atoms. The van der Waals surface area contributed by atoms with Gasteiger partial charge in [0.05, 0.1) is 10.6 Å². The second-order valence-corrected chi connectivity index (χ2v) is 4.59. The van der Waals surface area contributed by atoms with E-state index in [0.29, 0.717) is 15.7 Å². The van der Waals surface area contributed by atoms with Crippen molar-refractivity contribution in [2.45, 2.75) is 6.92 Å². The molecule has 1 N–H and O–H groups in total. The Hall–Kier alpha value is -1.39. The number of aryl methyl sites for hydroxylation is 1. The van der Waals surface area contributed by atoms with Crippen molar-refractivity contribution in [2.24, 2.45) is 0 Å². The van der Waals surface area contributed by atoms with E-state index in [1.807, 2.05) is 18.4 Å². The molecule has 0 aromatic carbocycles. The van der Waals surface area contributed by atoms with Crippen LogP contribution in [-0.4, -0.2) is 10.9 Å². The molecular formula is C11H9ClN2OS. The van der Waals surface area contributed by atoms with Gasteiger partial charge in [0.15, 0.2) is 5.15 Å². The fourth-order valence-electron chi connectivity index (χ4n) is 1.23. The zero-order valence-corrected chi connectivity index (χ0v) is 10.1. The second-order valence-electron chi connectivity index (χ2n) is 3.28. The van der Waals surface area contributed by atoms with E-state index in [-0.39, 0.29) is 5.91 Å². The molecule has 0 aliphatic rings. The maximum atomic E-state index is 11.8. The SMILES string of the molecule is Cc1cnc(Cl)c(NC(=O)c2cccs2)c1. The summed E-state index contributed by atoms with van der Waals surface area (Å²) in [5, 5.41) is 4.88. The van der Waals surface area contributed by atoms with Crippen LogP contribution in [0.5, 0.6) is 0 Å². The molecule has 0 atom stereocenters. The van der Waals surface area contributed by atoms with Crippen LogP contribution in [0.1, 0.15) is 15.2 Å². The number of aromatic nitrogens is 1. The van der Waals surface area contributed by atoms with Crippen LogP contribution in [0.2, 0.25) is 5.15 Å². The molecule has 2 aromatic heterocycles. The van der Waals surface area contributed by atoms with Crippen LogP contribution in [0.4, 0.5) is 5.69 Å². The van der Waals surface area contributed by atoms with E-state index in [4.69, 9.17) is 11.6 Å². The third-order valence-corrected chi connectivity index (χ3v) is 3.14. The molecule has 0 saturated heterocycles. The maximum Gasteiger partial charge on any atom is 0.265 e. The van der Waals surface area contributed by atoms with Gasteiger partial charge < -0.3 is 5.32 Å². The summed E-state index contributed by atoms with van der Waals surface area (Å²) >= 11 is 7.26. The second kappa shape index (κ2) is 4.63. The van der Waals surface area contributed by atoms with Gasteiger partial charge in [-0.3, -0.25) is 4.79 Å². The monoisotopic (exact) mass is 252 g/mol. The Morgan fingerprint density at radius 1 is 1.56 bits per heavy atom. The molecular weight excluding hydrogens is 244 g/mol. The summed E-state index contributed by atoms with van der Waals surface area (Å²) in [5.41, 5.74) is 1.49. The van der Waals surface area contributed by atoms with Crippen molar-refractivity contribution in [1.82, 2.24) is 4.98 Å². The van der Waals surface area contributed by atoms with E-state index in [9.17, 15) is 4.79 Å².